The molecule has 1 N–H and O–H groups in total. The summed E-state index contributed by atoms with van der Waals surface area (Å²) in [5.74, 6) is -1.53. The number of ether oxygens (including phenoxy) is 3. The molecule has 2 atom stereocenters. The molecule has 0 aliphatic carbocycles. The number of carboxylic acids is 1. The van der Waals surface area contributed by atoms with E-state index in [2.05, 4.69) is 26.0 Å². The lowest BCUT2D eigenvalue weighted by Gasteiger charge is -2.31. The molecule has 46 heavy (non-hydrogen) atoms. The Morgan fingerprint density at radius 3 is 1.80 bits per heavy atom. The average molecular weight is 649 g/mol. The van der Waals surface area contributed by atoms with Gasteiger partial charge in [-0.25, -0.2) is 4.79 Å². The lowest BCUT2D eigenvalue weighted by atomic mass is 10.1. The van der Waals surface area contributed by atoms with Crippen LogP contribution in [-0.4, -0.2) is 80.6 Å². The van der Waals surface area contributed by atoms with E-state index in [0.29, 0.717) is 19.3 Å². The number of carbonyl (C=O) groups is 3. The lowest BCUT2D eigenvalue weighted by molar-refractivity contribution is -0.887. The number of allylic oxidation sites excluding steroid dienone is 8. The molecule has 0 fully saturated rings. The van der Waals surface area contributed by atoms with Gasteiger partial charge in [-0.05, 0) is 32.1 Å². The molecule has 8 nitrogen and oxygen atoms in total. The number of carbonyl (C=O) groups excluding carboxylic acids is 2. The van der Waals surface area contributed by atoms with Crippen molar-refractivity contribution in [3.8, 4) is 0 Å². The van der Waals surface area contributed by atoms with E-state index in [1.165, 1.54) is 38.5 Å². The normalized spacial score (nSPS) is 13.7. The Bertz CT molecular complexity index is 901. The first-order chi connectivity index (χ1) is 22.1. The fourth-order valence-electron chi connectivity index (χ4n) is 4.81. The van der Waals surface area contributed by atoms with Gasteiger partial charge in [0.2, 0.25) is 0 Å². The first kappa shape index (κ1) is 43.3. The van der Waals surface area contributed by atoms with E-state index in [0.717, 1.165) is 51.4 Å². The third-order valence-electron chi connectivity index (χ3n) is 7.59. The van der Waals surface area contributed by atoms with Gasteiger partial charge >= 0.3 is 17.9 Å². The molecule has 264 valence electrons. The van der Waals surface area contributed by atoms with E-state index in [-0.39, 0.29) is 36.2 Å². The number of quaternary nitrogens is 1. The summed E-state index contributed by atoms with van der Waals surface area (Å²) in [4.78, 5) is 36.6. The molecule has 0 heterocycles. The lowest BCUT2D eigenvalue weighted by Crippen LogP contribution is -2.50. The quantitative estimate of drug-likeness (QED) is 0.0361. The number of rotatable bonds is 30. The molecule has 0 aliphatic heterocycles. The number of hydrogen-bond donors (Lipinski definition) is 1. The SMILES string of the molecule is CC/C=C/C=C/C=C/C=C/CCCCCC(=O)OCC(COCCC(C(=O)O)[N+](C)(C)C)OC(=O)CCCCCCCCCCC. The number of nitrogens with zero attached hydrogens (tertiary/aromatic N) is 1. The Balaban J connectivity index is 4.53. The zero-order valence-corrected chi connectivity index (χ0v) is 29.8. The molecule has 0 aromatic carbocycles. The number of carboxylic acid groups (broad SMARTS) is 1. The van der Waals surface area contributed by atoms with Gasteiger partial charge in [-0.2, -0.15) is 0 Å². The molecule has 0 saturated carbocycles. The first-order valence-electron chi connectivity index (χ1n) is 17.7. The van der Waals surface area contributed by atoms with E-state index in [1.54, 1.807) is 0 Å². The number of hydrogen-bond acceptors (Lipinski definition) is 6. The summed E-state index contributed by atoms with van der Waals surface area (Å²) in [6, 6.07) is -0.618. The number of unbranched alkanes of at least 4 members (excludes halogenated alkanes) is 11. The second kappa shape index (κ2) is 29.7. The highest BCUT2D eigenvalue weighted by Gasteiger charge is 2.31. The van der Waals surface area contributed by atoms with Gasteiger partial charge in [0.25, 0.3) is 0 Å². The third-order valence-corrected chi connectivity index (χ3v) is 7.59. The molecule has 2 unspecified atom stereocenters. The van der Waals surface area contributed by atoms with Crippen LogP contribution in [0.2, 0.25) is 0 Å². The summed E-state index contributed by atoms with van der Waals surface area (Å²) in [6.45, 7) is 4.50. The smallest absolute Gasteiger partial charge is 0.362 e. The van der Waals surface area contributed by atoms with Crippen LogP contribution >= 0.6 is 0 Å². The van der Waals surface area contributed by atoms with E-state index in [9.17, 15) is 19.5 Å². The number of esters is 2. The molecule has 0 aliphatic rings. The summed E-state index contributed by atoms with van der Waals surface area (Å²) in [6.07, 6.45) is 31.6. The van der Waals surface area contributed by atoms with Crippen molar-refractivity contribution >= 4 is 17.9 Å². The van der Waals surface area contributed by atoms with Gasteiger partial charge < -0.3 is 23.8 Å². The summed E-state index contributed by atoms with van der Waals surface area (Å²) in [5, 5.41) is 9.55. The minimum absolute atomic E-state index is 0.0479. The summed E-state index contributed by atoms with van der Waals surface area (Å²) >= 11 is 0. The van der Waals surface area contributed by atoms with Crippen LogP contribution in [0, 0.1) is 0 Å². The van der Waals surface area contributed by atoms with E-state index in [4.69, 9.17) is 14.2 Å². The van der Waals surface area contributed by atoms with Crippen LogP contribution in [0.25, 0.3) is 0 Å². The van der Waals surface area contributed by atoms with Crippen molar-refractivity contribution in [1.29, 1.82) is 0 Å². The zero-order chi connectivity index (χ0) is 34.3. The minimum atomic E-state index is -0.884. The standard InChI is InChI=1S/C38H65NO7/c1-6-8-10-12-14-16-17-18-19-21-22-24-26-28-36(40)45-33-34(32-44-31-30-35(38(42)43)39(3,4)5)46-37(41)29-27-25-23-20-15-13-11-9-7-2/h8,10,12,14,16-19,34-35H,6-7,9,11,13,15,20-33H2,1-5H3/p+1/b10-8+,14-12+,17-16+,19-18+. The molecular formula is C38H66NO7+. The number of likely N-dealkylation sites (N-methyl/N-ethyl adjacent to an activating group) is 1. The van der Waals surface area contributed by atoms with Gasteiger partial charge in [-0.15, -0.1) is 0 Å². The Morgan fingerprint density at radius 1 is 0.674 bits per heavy atom. The molecule has 0 aromatic heterocycles. The Labute approximate surface area is 280 Å². The molecule has 0 saturated heterocycles. The van der Waals surface area contributed by atoms with Crippen molar-refractivity contribution in [2.75, 3.05) is 41.0 Å². The third kappa shape index (κ3) is 27.6. The Morgan fingerprint density at radius 2 is 1.22 bits per heavy atom. The van der Waals surface area contributed by atoms with Gasteiger partial charge in [-0.1, -0.05) is 120 Å². The maximum Gasteiger partial charge on any atom is 0.362 e. The second-order valence-corrected chi connectivity index (χ2v) is 12.8. The van der Waals surface area contributed by atoms with Gasteiger partial charge in [0.15, 0.2) is 12.1 Å². The summed E-state index contributed by atoms with van der Waals surface area (Å²) < 4.78 is 17.1. The summed E-state index contributed by atoms with van der Waals surface area (Å²) in [7, 11) is 5.49. The maximum atomic E-state index is 12.6. The van der Waals surface area contributed by atoms with Crippen molar-refractivity contribution in [3.63, 3.8) is 0 Å². The van der Waals surface area contributed by atoms with Gasteiger partial charge in [0, 0.05) is 19.3 Å². The highest BCUT2D eigenvalue weighted by Crippen LogP contribution is 2.13. The zero-order valence-electron chi connectivity index (χ0n) is 29.8. The summed E-state index contributed by atoms with van der Waals surface area (Å²) in [5.41, 5.74) is 0. The van der Waals surface area contributed by atoms with Gasteiger partial charge in [0.05, 0.1) is 34.4 Å². The second-order valence-electron chi connectivity index (χ2n) is 12.8. The van der Waals surface area contributed by atoms with Gasteiger partial charge in [0.1, 0.15) is 6.61 Å². The highest BCUT2D eigenvalue weighted by molar-refractivity contribution is 5.72. The molecule has 0 amide bonds. The van der Waals surface area contributed by atoms with Gasteiger partial charge in [-0.3, -0.25) is 9.59 Å². The fraction of sp³-hybridized carbons (Fsp3) is 0.711. The highest BCUT2D eigenvalue weighted by atomic mass is 16.6. The van der Waals surface area contributed by atoms with Crippen molar-refractivity contribution in [2.24, 2.45) is 0 Å². The fourth-order valence-corrected chi connectivity index (χ4v) is 4.81. The number of aliphatic carboxylic acids is 1. The predicted octanol–water partition coefficient (Wildman–Crippen LogP) is 8.51. The van der Waals surface area contributed by atoms with Crippen LogP contribution in [0.3, 0.4) is 0 Å². The molecule has 8 heteroatoms. The monoisotopic (exact) mass is 648 g/mol. The van der Waals surface area contributed by atoms with Crippen LogP contribution < -0.4 is 0 Å². The largest absolute Gasteiger partial charge is 0.477 e. The van der Waals surface area contributed by atoms with Crippen molar-refractivity contribution in [1.82, 2.24) is 0 Å². The first-order valence-corrected chi connectivity index (χ1v) is 17.7. The molecule has 0 radical (unpaired) electrons. The Kier molecular flexibility index (Phi) is 27.9. The minimum Gasteiger partial charge on any atom is -0.477 e. The van der Waals surface area contributed by atoms with Crippen molar-refractivity contribution in [2.45, 2.75) is 135 Å². The molecule has 0 rings (SSSR count). The van der Waals surface area contributed by atoms with Crippen LogP contribution in [0.4, 0.5) is 0 Å². The molecule has 0 bridgehead atoms. The Hall–Kier alpha value is -2.71. The molecular weight excluding hydrogens is 582 g/mol. The van der Waals surface area contributed by atoms with E-state index in [1.807, 2.05) is 57.6 Å². The van der Waals surface area contributed by atoms with Crippen LogP contribution in [-0.2, 0) is 28.6 Å². The topological polar surface area (TPSA) is 99.1 Å². The molecule has 0 spiro atoms. The predicted molar refractivity (Wildman–Crippen MR) is 188 cm³/mol. The maximum absolute atomic E-state index is 12.6. The average Bonchev–Trinajstić information content (AvgIpc) is 3.00. The van der Waals surface area contributed by atoms with Crippen molar-refractivity contribution < 1.29 is 38.2 Å². The van der Waals surface area contributed by atoms with E-state index >= 15 is 0 Å². The molecule has 0 aromatic rings. The van der Waals surface area contributed by atoms with Crippen LogP contribution in [0.1, 0.15) is 123 Å². The van der Waals surface area contributed by atoms with Crippen molar-refractivity contribution in [3.05, 3.63) is 48.6 Å². The van der Waals surface area contributed by atoms with Crippen LogP contribution in [0.5, 0.6) is 0 Å². The van der Waals surface area contributed by atoms with Crippen LogP contribution in [0.15, 0.2) is 48.6 Å². The van der Waals surface area contributed by atoms with E-state index < -0.39 is 18.1 Å².